The van der Waals surface area contributed by atoms with E-state index in [2.05, 4.69) is 4.90 Å². The van der Waals surface area contributed by atoms with E-state index in [1.807, 2.05) is 29.7 Å². The van der Waals surface area contributed by atoms with Crippen LogP contribution in [0.25, 0.3) is 10.9 Å². The molecule has 1 aromatic carbocycles. The number of likely N-dealkylation sites (tertiary alicyclic amines) is 1. The number of fused-ring (bicyclic) bond motifs is 1. The van der Waals surface area contributed by atoms with Gasteiger partial charge in [-0.2, -0.15) is 0 Å². The summed E-state index contributed by atoms with van der Waals surface area (Å²) < 4.78 is 7.07. The standard InChI is InChI=1S/C19H24N2O3/c1-3-24-19(23)16-13-21(11-10-20-8-4-5-9-20)17-7-6-14(2)12-15(17)18(16)22/h6-7,12-13H,3-5,8-11H2,1-2H3. The number of carbonyl (C=O) groups is 1. The molecule has 0 spiro atoms. The van der Waals surface area contributed by atoms with Crippen LogP contribution < -0.4 is 5.43 Å². The number of carbonyl (C=O) groups excluding carboxylic acids is 1. The van der Waals surface area contributed by atoms with Gasteiger partial charge in [0.15, 0.2) is 0 Å². The van der Waals surface area contributed by atoms with Crippen LogP contribution in [0.3, 0.4) is 0 Å². The van der Waals surface area contributed by atoms with E-state index in [0.717, 1.165) is 37.3 Å². The monoisotopic (exact) mass is 328 g/mol. The van der Waals surface area contributed by atoms with Gasteiger partial charge in [0.2, 0.25) is 5.43 Å². The molecule has 128 valence electrons. The molecule has 1 aliphatic heterocycles. The fourth-order valence-corrected chi connectivity index (χ4v) is 3.31. The lowest BCUT2D eigenvalue weighted by Crippen LogP contribution is -2.26. The molecule has 0 bridgehead atoms. The van der Waals surface area contributed by atoms with Crippen molar-refractivity contribution in [1.29, 1.82) is 0 Å². The summed E-state index contributed by atoms with van der Waals surface area (Å²) in [6.45, 7) is 7.89. The lowest BCUT2D eigenvalue weighted by Gasteiger charge is -2.18. The predicted octanol–water partition coefficient (Wildman–Crippen LogP) is 2.58. The van der Waals surface area contributed by atoms with Crippen molar-refractivity contribution in [3.63, 3.8) is 0 Å². The number of hydrogen-bond donors (Lipinski definition) is 0. The van der Waals surface area contributed by atoms with Crippen LogP contribution in [-0.4, -0.2) is 41.7 Å². The molecule has 0 saturated carbocycles. The van der Waals surface area contributed by atoms with Crippen LogP contribution in [-0.2, 0) is 11.3 Å². The highest BCUT2D eigenvalue weighted by Gasteiger charge is 2.17. The van der Waals surface area contributed by atoms with E-state index in [9.17, 15) is 9.59 Å². The maximum Gasteiger partial charge on any atom is 0.343 e. The summed E-state index contributed by atoms with van der Waals surface area (Å²) in [5.41, 5.74) is 1.76. The van der Waals surface area contributed by atoms with E-state index in [0.29, 0.717) is 5.39 Å². The molecule has 2 heterocycles. The zero-order valence-electron chi connectivity index (χ0n) is 14.4. The Morgan fingerprint density at radius 3 is 2.67 bits per heavy atom. The predicted molar refractivity (Wildman–Crippen MR) is 94.6 cm³/mol. The van der Waals surface area contributed by atoms with Gasteiger partial charge in [0.1, 0.15) is 5.56 Å². The van der Waals surface area contributed by atoms with Gasteiger partial charge < -0.3 is 14.2 Å². The molecule has 0 unspecified atom stereocenters. The first-order valence-corrected chi connectivity index (χ1v) is 8.63. The van der Waals surface area contributed by atoms with Gasteiger partial charge in [-0.05, 0) is 51.9 Å². The Labute approximate surface area is 141 Å². The molecular formula is C19H24N2O3. The number of esters is 1. The fourth-order valence-electron chi connectivity index (χ4n) is 3.31. The molecule has 1 fully saturated rings. The minimum absolute atomic E-state index is 0.122. The summed E-state index contributed by atoms with van der Waals surface area (Å²) in [6, 6.07) is 5.82. The Morgan fingerprint density at radius 2 is 1.96 bits per heavy atom. The van der Waals surface area contributed by atoms with E-state index >= 15 is 0 Å². The van der Waals surface area contributed by atoms with Crippen LogP contribution in [0.4, 0.5) is 0 Å². The second-order valence-corrected chi connectivity index (χ2v) is 6.36. The van der Waals surface area contributed by atoms with E-state index in [1.165, 1.54) is 12.8 Å². The third-order valence-corrected chi connectivity index (χ3v) is 4.59. The van der Waals surface area contributed by atoms with Crippen molar-refractivity contribution in [2.45, 2.75) is 33.2 Å². The third-order valence-electron chi connectivity index (χ3n) is 4.59. The minimum Gasteiger partial charge on any atom is -0.462 e. The number of aromatic nitrogens is 1. The van der Waals surface area contributed by atoms with E-state index in [4.69, 9.17) is 4.74 Å². The number of hydrogen-bond acceptors (Lipinski definition) is 4. The Morgan fingerprint density at radius 1 is 1.21 bits per heavy atom. The van der Waals surface area contributed by atoms with Crippen LogP contribution in [0.5, 0.6) is 0 Å². The molecular weight excluding hydrogens is 304 g/mol. The summed E-state index contributed by atoms with van der Waals surface area (Å²) in [5.74, 6) is -0.541. The number of rotatable bonds is 5. The highest BCUT2D eigenvalue weighted by atomic mass is 16.5. The van der Waals surface area contributed by atoms with Gasteiger partial charge in [0, 0.05) is 24.7 Å². The van der Waals surface area contributed by atoms with Gasteiger partial charge >= 0.3 is 5.97 Å². The highest BCUT2D eigenvalue weighted by molar-refractivity contribution is 5.93. The number of pyridine rings is 1. The smallest absolute Gasteiger partial charge is 0.343 e. The van der Waals surface area contributed by atoms with Gasteiger partial charge in [-0.3, -0.25) is 4.79 Å². The summed E-state index contributed by atoms with van der Waals surface area (Å²) in [7, 11) is 0. The molecule has 0 N–H and O–H groups in total. The largest absolute Gasteiger partial charge is 0.462 e. The van der Waals surface area contributed by atoms with Crippen molar-refractivity contribution in [2.24, 2.45) is 0 Å². The van der Waals surface area contributed by atoms with E-state index in [1.54, 1.807) is 13.1 Å². The van der Waals surface area contributed by atoms with Crippen LogP contribution in [0.1, 0.15) is 35.7 Å². The Balaban J connectivity index is 2.03. The maximum atomic E-state index is 12.7. The molecule has 5 nitrogen and oxygen atoms in total. The second-order valence-electron chi connectivity index (χ2n) is 6.36. The first kappa shape index (κ1) is 16.7. The molecule has 5 heteroatoms. The molecule has 0 atom stereocenters. The van der Waals surface area contributed by atoms with Gasteiger partial charge in [-0.15, -0.1) is 0 Å². The SMILES string of the molecule is CCOC(=O)c1cn(CCN2CCCC2)c2ccc(C)cc2c1=O. The average Bonchev–Trinajstić information content (AvgIpc) is 3.08. The molecule has 1 saturated heterocycles. The molecule has 3 rings (SSSR count). The molecule has 1 aromatic heterocycles. The summed E-state index contributed by atoms with van der Waals surface area (Å²) in [5, 5.41) is 0.585. The third kappa shape index (κ3) is 3.36. The normalized spacial score (nSPS) is 15.1. The topological polar surface area (TPSA) is 51.5 Å². The lowest BCUT2D eigenvalue weighted by molar-refractivity contribution is 0.0524. The first-order chi connectivity index (χ1) is 11.6. The van der Waals surface area contributed by atoms with Gasteiger partial charge in [-0.1, -0.05) is 11.6 Å². The van der Waals surface area contributed by atoms with Crippen molar-refractivity contribution < 1.29 is 9.53 Å². The van der Waals surface area contributed by atoms with Crippen LogP contribution in [0.15, 0.2) is 29.2 Å². The molecule has 1 aliphatic rings. The molecule has 0 aliphatic carbocycles. The molecule has 0 radical (unpaired) electrons. The number of benzene rings is 1. The van der Waals surface area contributed by atoms with Crippen LogP contribution in [0, 0.1) is 6.92 Å². The minimum atomic E-state index is -0.541. The van der Waals surface area contributed by atoms with Crippen LogP contribution >= 0.6 is 0 Å². The van der Waals surface area contributed by atoms with Crippen molar-refractivity contribution in [3.8, 4) is 0 Å². The lowest BCUT2D eigenvalue weighted by atomic mass is 10.1. The first-order valence-electron chi connectivity index (χ1n) is 8.63. The van der Waals surface area contributed by atoms with Gasteiger partial charge in [-0.25, -0.2) is 4.79 Å². The average molecular weight is 328 g/mol. The van der Waals surface area contributed by atoms with Gasteiger partial charge in [0.05, 0.1) is 12.1 Å². The Kier molecular flexibility index (Phi) is 5.00. The summed E-state index contributed by atoms with van der Waals surface area (Å²) in [4.78, 5) is 27.3. The number of aryl methyl sites for hydroxylation is 1. The quantitative estimate of drug-likeness (QED) is 0.792. The fraction of sp³-hybridized carbons (Fsp3) is 0.474. The van der Waals surface area contributed by atoms with Gasteiger partial charge in [0.25, 0.3) is 0 Å². The van der Waals surface area contributed by atoms with Crippen molar-refractivity contribution in [1.82, 2.24) is 9.47 Å². The zero-order chi connectivity index (χ0) is 17.1. The molecule has 2 aromatic rings. The maximum absolute atomic E-state index is 12.7. The highest BCUT2D eigenvalue weighted by Crippen LogP contribution is 2.16. The van der Waals surface area contributed by atoms with E-state index in [-0.39, 0.29) is 17.6 Å². The van der Waals surface area contributed by atoms with Crippen LogP contribution in [0.2, 0.25) is 0 Å². The number of ether oxygens (including phenoxy) is 1. The van der Waals surface area contributed by atoms with Crippen molar-refractivity contribution in [2.75, 3.05) is 26.2 Å². The Hall–Kier alpha value is -2.14. The zero-order valence-corrected chi connectivity index (χ0v) is 14.4. The second kappa shape index (κ2) is 7.18. The molecule has 0 amide bonds. The van der Waals surface area contributed by atoms with Crippen molar-refractivity contribution in [3.05, 3.63) is 45.7 Å². The summed E-state index contributed by atoms with van der Waals surface area (Å²) >= 11 is 0. The number of nitrogens with zero attached hydrogens (tertiary/aromatic N) is 2. The van der Waals surface area contributed by atoms with E-state index < -0.39 is 5.97 Å². The summed E-state index contributed by atoms with van der Waals surface area (Å²) in [6.07, 6.45) is 4.16. The van der Waals surface area contributed by atoms with Crippen molar-refractivity contribution >= 4 is 16.9 Å². The Bertz CT molecular complexity index is 804. The molecule has 24 heavy (non-hydrogen) atoms.